The van der Waals surface area contributed by atoms with E-state index in [1.807, 2.05) is 0 Å². The van der Waals surface area contributed by atoms with Gasteiger partial charge in [-0.3, -0.25) is 0 Å². The van der Waals surface area contributed by atoms with Gasteiger partial charge in [0.05, 0.1) is 5.92 Å². The van der Waals surface area contributed by atoms with Crippen molar-refractivity contribution in [2.45, 2.75) is 25.2 Å². The van der Waals surface area contributed by atoms with Crippen LogP contribution in [0.4, 0.5) is 0 Å². The molecule has 43 heavy (non-hydrogen) atoms. The molecule has 0 aliphatic heterocycles. The van der Waals surface area contributed by atoms with Crippen molar-refractivity contribution < 1.29 is 4.42 Å². The number of rotatable bonds is 3. The Hall–Kier alpha value is -5.35. The second-order valence-electron chi connectivity index (χ2n) is 11.4. The molecule has 0 saturated carbocycles. The predicted molar refractivity (Wildman–Crippen MR) is 175 cm³/mol. The zero-order chi connectivity index (χ0) is 28.3. The first kappa shape index (κ1) is 24.3. The molecule has 2 aliphatic carbocycles. The Labute approximate surface area is 249 Å². The number of fused-ring (bicyclic) bond motifs is 7. The number of nitrogens with zero attached hydrogens (tertiary/aromatic N) is 3. The van der Waals surface area contributed by atoms with Crippen LogP contribution in [0.15, 0.2) is 114 Å². The molecule has 0 N–H and O–H groups in total. The SMILES string of the molecule is C1=Cc2c(oc3c2C(c2nc(-c4ccc5ccccc5c4)nc(-c4cc5ccccc5c5ccccc45)n2)CC=C3)CC1. The second-order valence-corrected chi connectivity index (χ2v) is 11.4. The molecule has 0 spiro atoms. The Morgan fingerprint density at radius 3 is 2.30 bits per heavy atom. The zero-order valence-corrected chi connectivity index (χ0v) is 23.5. The maximum Gasteiger partial charge on any atom is 0.164 e. The molecule has 1 atom stereocenters. The fourth-order valence-corrected chi connectivity index (χ4v) is 6.82. The Kier molecular flexibility index (Phi) is 5.42. The summed E-state index contributed by atoms with van der Waals surface area (Å²) >= 11 is 0. The molecule has 2 aromatic heterocycles. The molecule has 1 unspecified atom stereocenters. The predicted octanol–water partition coefficient (Wildman–Crippen LogP) is 9.77. The highest BCUT2D eigenvalue weighted by atomic mass is 16.3. The van der Waals surface area contributed by atoms with Gasteiger partial charge in [0.15, 0.2) is 11.6 Å². The number of allylic oxidation sites excluding steroid dienone is 2. The van der Waals surface area contributed by atoms with Crippen LogP contribution >= 0.6 is 0 Å². The van der Waals surface area contributed by atoms with Crippen LogP contribution in [-0.2, 0) is 6.42 Å². The van der Waals surface area contributed by atoms with Crippen molar-refractivity contribution in [3.8, 4) is 22.8 Å². The molecule has 4 nitrogen and oxygen atoms in total. The monoisotopic (exact) mass is 553 g/mol. The van der Waals surface area contributed by atoms with Crippen LogP contribution in [-0.4, -0.2) is 15.0 Å². The van der Waals surface area contributed by atoms with Crippen molar-refractivity contribution in [1.82, 2.24) is 15.0 Å². The highest BCUT2D eigenvalue weighted by Gasteiger charge is 2.31. The normalized spacial score (nSPS) is 15.7. The van der Waals surface area contributed by atoms with Gasteiger partial charge in [0.2, 0.25) is 0 Å². The van der Waals surface area contributed by atoms with E-state index in [1.54, 1.807) is 0 Å². The van der Waals surface area contributed by atoms with Gasteiger partial charge in [-0.1, -0.05) is 103 Å². The quantitative estimate of drug-likeness (QED) is 0.204. The van der Waals surface area contributed by atoms with Crippen LogP contribution in [0, 0.1) is 0 Å². The minimum atomic E-state index is -0.0251. The standard InChI is InChI=1S/C39H27N3O/c1-2-11-25-22-27(21-20-24(25)10-1)37-40-38(32-17-9-19-35-36(32)31-16-7-8-18-34(31)43-35)42-39(41-37)33-23-26-12-3-4-13-28(26)29-14-5-6-15-30(29)33/h1-7,9-16,19-23,32H,8,17-18H2. The van der Waals surface area contributed by atoms with Crippen molar-refractivity contribution in [1.29, 1.82) is 0 Å². The van der Waals surface area contributed by atoms with Gasteiger partial charge in [-0.2, -0.15) is 0 Å². The molecule has 0 bridgehead atoms. The zero-order valence-electron chi connectivity index (χ0n) is 23.5. The summed E-state index contributed by atoms with van der Waals surface area (Å²) in [5, 5.41) is 7.08. The summed E-state index contributed by atoms with van der Waals surface area (Å²) in [4.78, 5) is 15.7. The van der Waals surface area contributed by atoms with Crippen LogP contribution in [0.5, 0.6) is 0 Å². The third kappa shape index (κ3) is 3.94. The van der Waals surface area contributed by atoms with E-state index >= 15 is 0 Å². The van der Waals surface area contributed by atoms with Gasteiger partial charge in [0.1, 0.15) is 17.3 Å². The molecule has 2 aliphatic rings. The maximum atomic E-state index is 6.35. The maximum absolute atomic E-state index is 6.35. The Bertz CT molecular complexity index is 2290. The number of hydrogen-bond acceptors (Lipinski definition) is 4. The highest BCUT2D eigenvalue weighted by molar-refractivity contribution is 6.13. The lowest BCUT2D eigenvalue weighted by atomic mass is 9.86. The lowest BCUT2D eigenvalue weighted by Crippen LogP contribution is -2.12. The number of furan rings is 1. The van der Waals surface area contributed by atoms with Crippen molar-refractivity contribution in [3.63, 3.8) is 0 Å². The minimum absolute atomic E-state index is 0.0251. The topological polar surface area (TPSA) is 51.8 Å². The molecule has 4 heteroatoms. The van der Waals surface area contributed by atoms with Gasteiger partial charge in [0, 0.05) is 28.7 Å². The summed E-state index contributed by atoms with van der Waals surface area (Å²) in [6.07, 6.45) is 11.5. The van der Waals surface area contributed by atoms with E-state index in [0.717, 1.165) is 58.5 Å². The van der Waals surface area contributed by atoms with E-state index in [4.69, 9.17) is 19.4 Å². The molecular formula is C39H27N3O. The first-order chi connectivity index (χ1) is 21.3. The molecule has 0 saturated heterocycles. The smallest absolute Gasteiger partial charge is 0.164 e. The number of hydrogen-bond donors (Lipinski definition) is 0. The fourth-order valence-electron chi connectivity index (χ4n) is 6.82. The molecule has 9 rings (SSSR count). The first-order valence-corrected chi connectivity index (χ1v) is 14.9. The average molecular weight is 554 g/mol. The molecule has 2 heterocycles. The minimum Gasteiger partial charge on any atom is -0.461 e. The van der Waals surface area contributed by atoms with Crippen LogP contribution in [0.3, 0.4) is 0 Å². The molecule has 0 amide bonds. The van der Waals surface area contributed by atoms with E-state index in [2.05, 4.69) is 121 Å². The largest absolute Gasteiger partial charge is 0.461 e. The van der Waals surface area contributed by atoms with Crippen molar-refractivity contribution in [3.05, 3.63) is 138 Å². The Morgan fingerprint density at radius 2 is 1.40 bits per heavy atom. The van der Waals surface area contributed by atoms with Crippen LogP contribution in [0.25, 0.3) is 67.2 Å². The number of aryl methyl sites for hydroxylation is 1. The van der Waals surface area contributed by atoms with Gasteiger partial charge < -0.3 is 4.42 Å². The first-order valence-electron chi connectivity index (χ1n) is 14.9. The average Bonchev–Trinajstić information content (AvgIpc) is 3.46. The van der Waals surface area contributed by atoms with Gasteiger partial charge in [-0.15, -0.1) is 0 Å². The van der Waals surface area contributed by atoms with Crippen LogP contribution < -0.4 is 0 Å². The van der Waals surface area contributed by atoms with E-state index in [9.17, 15) is 0 Å². The van der Waals surface area contributed by atoms with Gasteiger partial charge in [0.25, 0.3) is 0 Å². The van der Waals surface area contributed by atoms with Crippen molar-refractivity contribution in [2.75, 3.05) is 0 Å². The van der Waals surface area contributed by atoms with Crippen LogP contribution in [0.2, 0.25) is 0 Å². The van der Waals surface area contributed by atoms with Crippen molar-refractivity contribution >= 4 is 44.5 Å². The molecule has 0 fully saturated rings. The lowest BCUT2D eigenvalue weighted by Gasteiger charge is -2.20. The highest BCUT2D eigenvalue weighted by Crippen LogP contribution is 2.42. The summed E-state index contributed by atoms with van der Waals surface area (Å²) < 4.78 is 6.35. The van der Waals surface area contributed by atoms with E-state index in [0.29, 0.717) is 11.6 Å². The Balaban J connectivity index is 1.31. The number of aromatic nitrogens is 3. The van der Waals surface area contributed by atoms with E-state index in [-0.39, 0.29) is 5.92 Å². The molecule has 204 valence electrons. The van der Waals surface area contributed by atoms with E-state index < -0.39 is 0 Å². The lowest BCUT2D eigenvalue weighted by molar-refractivity contribution is 0.494. The summed E-state index contributed by atoms with van der Waals surface area (Å²) in [6, 6.07) is 34.2. The third-order valence-electron chi connectivity index (χ3n) is 8.88. The van der Waals surface area contributed by atoms with Gasteiger partial charge in [-0.25, -0.2) is 15.0 Å². The van der Waals surface area contributed by atoms with Crippen LogP contribution in [0.1, 0.15) is 47.2 Å². The summed E-state index contributed by atoms with van der Waals surface area (Å²) in [6.45, 7) is 0. The molecular weight excluding hydrogens is 526 g/mol. The second kappa shape index (κ2) is 9.60. The van der Waals surface area contributed by atoms with Crippen molar-refractivity contribution in [2.24, 2.45) is 0 Å². The summed E-state index contributed by atoms with van der Waals surface area (Å²) in [7, 11) is 0. The number of benzene rings is 5. The third-order valence-corrected chi connectivity index (χ3v) is 8.88. The van der Waals surface area contributed by atoms with Gasteiger partial charge >= 0.3 is 0 Å². The molecule has 0 radical (unpaired) electrons. The van der Waals surface area contributed by atoms with E-state index in [1.165, 1.54) is 32.7 Å². The summed E-state index contributed by atoms with van der Waals surface area (Å²) in [5.41, 5.74) is 4.38. The molecule has 7 aromatic rings. The molecule has 5 aromatic carbocycles. The summed E-state index contributed by atoms with van der Waals surface area (Å²) in [5.74, 6) is 4.12. The fraction of sp³-hybridized carbons (Fsp3) is 0.103. The Morgan fingerprint density at radius 1 is 0.628 bits per heavy atom. The van der Waals surface area contributed by atoms with Gasteiger partial charge in [-0.05, 0) is 63.4 Å².